The van der Waals surface area contributed by atoms with Gasteiger partial charge in [-0.15, -0.1) is 0 Å². The summed E-state index contributed by atoms with van der Waals surface area (Å²) in [6, 6.07) is 11.0. The highest BCUT2D eigenvalue weighted by Crippen LogP contribution is 2.26. The van der Waals surface area contributed by atoms with Crippen LogP contribution in [0.15, 0.2) is 48.8 Å². The number of aromatic nitrogens is 2. The van der Waals surface area contributed by atoms with Crippen molar-refractivity contribution in [3.63, 3.8) is 0 Å². The lowest BCUT2D eigenvalue weighted by molar-refractivity contribution is -0.0508. The van der Waals surface area contributed by atoms with Crippen molar-refractivity contribution in [2.45, 2.75) is 26.1 Å². The Balaban J connectivity index is 1.56. The van der Waals surface area contributed by atoms with Crippen LogP contribution >= 0.6 is 0 Å². The van der Waals surface area contributed by atoms with E-state index in [0.717, 1.165) is 41.7 Å². The fourth-order valence-electron chi connectivity index (χ4n) is 3.26. The van der Waals surface area contributed by atoms with Crippen molar-refractivity contribution in [3.8, 4) is 5.75 Å². The summed E-state index contributed by atoms with van der Waals surface area (Å²) in [6.07, 6.45) is 4.40. The SMILES string of the molecule is FC(F)Oc1ccccc1CN1CCc2nc3ccncc3cc2C1. The first-order chi connectivity index (χ1) is 12.2. The summed E-state index contributed by atoms with van der Waals surface area (Å²) in [4.78, 5) is 11.1. The third kappa shape index (κ3) is 3.44. The van der Waals surface area contributed by atoms with Gasteiger partial charge in [0.2, 0.25) is 0 Å². The molecule has 0 N–H and O–H groups in total. The minimum Gasteiger partial charge on any atom is -0.434 e. The van der Waals surface area contributed by atoms with Crippen LogP contribution < -0.4 is 4.74 Å². The fourth-order valence-corrected chi connectivity index (χ4v) is 3.26. The molecule has 0 fully saturated rings. The van der Waals surface area contributed by atoms with E-state index in [4.69, 9.17) is 4.98 Å². The first-order valence-corrected chi connectivity index (χ1v) is 8.16. The first-order valence-electron chi connectivity index (χ1n) is 8.16. The molecule has 0 saturated carbocycles. The molecule has 2 aromatic heterocycles. The number of fused-ring (bicyclic) bond motifs is 2. The van der Waals surface area contributed by atoms with Crippen LogP contribution in [0.25, 0.3) is 10.9 Å². The van der Waals surface area contributed by atoms with Gasteiger partial charge < -0.3 is 4.74 Å². The molecule has 3 aromatic rings. The van der Waals surface area contributed by atoms with Gasteiger partial charge in [-0.2, -0.15) is 8.78 Å². The second-order valence-corrected chi connectivity index (χ2v) is 6.11. The molecule has 4 rings (SSSR count). The van der Waals surface area contributed by atoms with Crippen molar-refractivity contribution < 1.29 is 13.5 Å². The van der Waals surface area contributed by atoms with Crippen LogP contribution in [0.2, 0.25) is 0 Å². The lowest BCUT2D eigenvalue weighted by Crippen LogP contribution is -2.30. The number of halogens is 2. The number of para-hydroxylation sites is 1. The zero-order valence-electron chi connectivity index (χ0n) is 13.5. The van der Waals surface area contributed by atoms with E-state index in [-0.39, 0.29) is 5.75 Å². The fraction of sp³-hybridized carbons (Fsp3) is 0.263. The highest BCUT2D eigenvalue weighted by Gasteiger charge is 2.20. The molecule has 0 radical (unpaired) electrons. The third-order valence-corrected chi connectivity index (χ3v) is 4.43. The molecule has 0 amide bonds. The summed E-state index contributed by atoms with van der Waals surface area (Å²) < 4.78 is 29.8. The van der Waals surface area contributed by atoms with Crippen LogP contribution in [-0.2, 0) is 19.5 Å². The molecule has 0 unspecified atom stereocenters. The van der Waals surface area contributed by atoms with E-state index in [1.165, 1.54) is 5.56 Å². The Kier molecular flexibility index (Phi) is 4.28. The third-order valence-electron chi connectivity index (χ3n) is 4.43. The lowest BCUT2D eigenvalue weighted by Gasteiger charge is -2.29. The zero-order valence-corrected chi connectivity index (χ0v) is 13.5. The Labute approximate surface area is 144 Å². The first kappa shape index (κ1) is 15.9. The van der Waals surface area contributed by atoms with E-state index < -0.39 is 6.61 Å². The molecular formula is C19H17F2N3O. The van der Waals surface area contributed by atoms with Crippen molar-refractivity contribution in [3.05, 3.63) is 65.6 Å². The molecule has 0 spiro atoms. The normalized spacial score (nSPS) is 14.7. The monoisotopic (exact) mass is 341 g/mol. The molecule has 0 saturated heterocycles. The molecule has 25 heavy (non-hydrogen) atoms. The van der Waals surface area contributed by atoms with Gasteiger partial charge in [-0.3, -0.25) is 14.9 Å². The van der Waals surface area contributed by atoms with Gasteiger partial charge in [-0.1, -0.05) is 18.2 Å². The molecule has 0 aliphatic carbocycles. The van der Waals surface area contributed by atoms with Gasteiger partial charge in [0.15, 0.2) is 0 Å². The summed E-state index contributed by atoms with van der Waals surface area (Å²) in [7, 11) is 0. The molecule has 1 aromatic carbocycles. The molecule has 128 valence electrons. The quantitative estimate of drug-likeness (QED) is 0.724. The van der Waals surface area contributed by atoms with Gasteiger partial charge in [0, 0.05) is 55.1 Å². The molecule has 6 heteroatoms. The number of benzene rings is 1. The van der Waals surface area contributed by atoms with Crippen molar-refractivity contribution in [1.82, 2.24) is 14.9 Å². The molecule has 4 nitrogen and oxygen atoms in total. The standard InChI is InChI=1S/C19H17F2N3O/c20-19(21)25-18-4-2-1-3-13(18)11-24-8-6-17-15(12-24)9-14-10-22-7-5-16(14)23-17/h1-5,7,9-10,19H,6,8,11-12H2. The molecule has 1 aliphatic rings. The number of pyridine rings is 2. The van der Waals surface area contributed by atoms with E-state index in [0.29, 0.717) is 6.54 Å². The highest BCUT2D eigenvalue weighted by atomic mass is 19.3. The molecule has 1 aliphatic heterocycles. The summed E-state index contributed by atoms with van der Waals surface area (Å²) >= 11 is 0. The highest BCUT2D eigenvalue weighted by molar-refractivity contribution is 5.78. The Bertz CT molecular complexity index is 901. The summed E-state index contributed by atoms with van der Waals surface area (Å²) in [6.45, 7) is -0.685. The van der Waals surface area contributed by atoms with Crippen LogP contribution in [0.5, 0.6) is 5.75 Å². The van der Waals surface area contributed by atoms with E-state index in [9.17, 15) is 8.78 Å². The summed E-state index contributed by atoms with van der Waals surface area (Å²) in [5.74, 6) is 0.240. The number of nitrogens with zero attached hydrogens (tertiary/aromatic N) is 3. The zero-order chi connectivity index (χ0) is 17.2. The Morgan fingerprint density at radius 3 is 2.96 bits per heavy atom. The Morgan fingerprint density at radius 2 is 2.08 bits per heavy atom. The van der Waals surface area contributed by atoms with E-state index in [1.54, 1.807) is 18.3 Å². The average Bonchev–Trinajstić information content (AvgIpc) is 2.61. The van der Waals surface area contributed by atoms with E-state index in [1.807, 2.05) is 24.4 Å². The van der Waals surface area contributed by atoms with Gasteiger partial charge in [0.25, 0.3) is 0 Å². The molecule has 3 heterocycles. The largest absolute Gasteiger partial charge is 0.434 e. The summed E-state index contributed by atoms with van der Waals surface area (Å²) in [5.41, 5.74) is 3.99. The van der Waals surface area contributed by atoms with Crippen LogP contribution in [0.4, 0.5) is 8.78 Å². The smallest absolute Gasteiger partial charge is 0.387 e. The predicted molar refractivity (Wildman–Crippen MR) is 90.4 cm³/mol. The van der Waals surface area contributed by atoms with Crippen molar-refractivity contribution in [2.24, 2.45) is 0 Å². The summed E-state index contributed by atoms with van der Waals surface area (Å²) in [5, 5.41) is 1.02. The van der Waals surface area contributed by atoms with Crippen LogP contribution in [-0.4, -0.2) is 28.0 Å². The van der Waals surface area contributed by atoms with Gasteiger partial charge in [0.05, 0.1) is 5.52 Å². The van der Waals surface area contributed by atoms with E-state index in [2.05, 4.69) is 20.7 Å². The van der Waals surface area contributed by atoms with Crippen molar-refractivity contribution >= 4 is 10.9 Å². The average molecular weight is 341 g/mol. The molecule has 0 atom stereocenters. The number of alkyl halides is 2. The second-order valence-electron chi connectivity index (χ2n) is 6.11. The Morgan fingerprint density at radius 1 is 1.20 bits per heavy atom. The van der Waals surface area contributed by atoms with Gasteiger partial charge >= 0.3 is 6.61 Å². The maximum absolute atomic E-state index is 12.6. The molecule has 0 bridgehead atoms. The predicted octanol–water partition coefficient (Wildman–Crippen LogP) is 3.79. The van der Waals surface area contributed by atoms with Crippen LogP contribution in [0.1, 0.15) is 16.8 Å². The van der Waals surface area contributed by atoms with Crippen LogP contribution in [0.3, 0.4) is 0 Å². The number of hydrogen-bond acceptors (Lipinski definition) is 4. The van der Waals surface area contributed by atoms with E-state index >= 15 is 0 Å². The maximum atomic E-state index is 12.6. The number of ether oxygens (including phenoxy) is 1. The van der Waals surface area contributed by atoms with Crippen molar-refractivity contribution in [1.29, 1.82) is 0 Å². The minimum atomic E-state index is -2.81. The van der Waals surface area contributed by atoms with Crippen LogP contribution in [0, 0.1) is 0 Å². The lowest BCUT2D eigenvalue weighted by atomic mass is 10.0. The van der Waals surface area contributed by atoms with Gasteiger partial charge in [-0.25, -0.2) is 0 Å². The maximum Gasteiger partial charge on any atom is 0.387 e. The second kappa shape index (κ2) is 6.72. The van der Waals surface area contributed by atoms with Gasteiger partial charge in [0.1, 0.15) is 5.75 Å². The minimum absolute atomic E-state index is 0.240. The van der Waals surface area contributed by atoms with Crippen molar-refractivity contribution in [2.75, 3.05) is 6.54 Å². The Hall–Kier alpha value is -2.60. The number of rotatable bonds is 4. The molecular weight excluding hydrogens is 324 g/mol. The number of hydrogen-bond donors (Lipinski definition) is 0. The topological polar surface area (TPSA) is 38.2 Å². The van der Waals surface area contributed by atoms with Gasteiger partial charge in [-0.05, 0) is 23.8 Å².